The first-order valence-corrected chi connectivity index (χ1v) is 13.2. The Labute approximate surface area is 227 Å². The molecular weight excluding hydrogens is 482 g/mol. The maximum atomic E-state index is 6.32. The first-order chi connectivity index (χ1) is 19.1. The molecule has 0 fully saturated rings. The van der Waals surface area contributed by atoms with E-state index < -0.39 is 0 Å². The van der Waals surface area contributed by atoms with Gasteiger partial charge >= 0.3 is 0 Å². The summed E-state index contributed by atoms with van der Waals surface area (Å²) < 4.78 is 10.7. The zero-order valence-electron chi connectivity index (χ0n) is 22.2. The van der Waals surface area contributed by atoms with Gasteiger partial charge in [-0.2, -0.15) is 5.10 Å². The van der Waals surface area contributed by atoms with Gasteiger partial charge < -0.3 is 19.1 Å². The Hall–Kier alpha value is -4.97. The van der Waals surface area contributed by atoms with Gasteiger partial charge in [-0.05, 0) is 50.2 Å². The lowest BCUT2D eigenvalue weighted by Gasteiger charge is -2.19. The maximum Gasteiger partial charge on any atom is 0.129 e. The first kappa shape index (κ1) is 23.2. The molecule has 7 rings (SSSR count). The zero-order chi connectivity index (χ0) is 26.5. The molecule has 0 saturated carbocycles. The lowest BCUT2D eigenvalue weighted by molar-refractivity contribution is 0.480. The first-order valence-electron chi connectivity index (χ1n) is 13.2. The molecule has 0 unspecified atom stereocenters. The number of hydrogen-bond donors (Lipinski definition) is 0. The number of hydrogen-bond acceptors (Lipinski definition) is 4. The van der Waals surface area contributed by atoms with Crippen molar-refractivity contribution in [1.29, 1.82) is 0 Å². The minimum atomic E-state index is 0.768. The molecule has 4 aromatic carbocycles. The number of ether oxygens (including phenoxy) is 1. The summed E-state index contributed by atoms with van der Waals surface area (Å²) in [5.41, 5.74) is 7.57. The second-order valence-corrected chi connectivity index (χ2v) is 10.1. The van der Waals surface area contributed by atoms with Crippen LogP contribution in [-0.2, 0) is 0 Å². The highest BCUT2D eigenvalue weighted by molar-refractivity contribution is 6.09. The van der Waals surface area contributed by atoms with E-state index in [-0.39, 0.29) is 0 Å². The van der Waals surface area contributed by atoms with Crippen molar-refractivity contribution in [2.24, 2.45) is 0 Å². The second-order valence-electron chi connectivity index (χ2n) is 10.1. The van der Waals surface area contributed by atoms with Crippen LogP contribution in [0.5, 0.6) is 11.5 Å². The van der Waals surface area contributed by atoms with Crippen molar-refractivity contribution in [3.8, 4) is 22.9 Å². The molecule has 0 atom stereocenters. The van der Waals surface area contributed by atoms with Crippen molar-refractivity contribution < 1.29 is 4.74 Å². The maximum absolute atomic E-state index is 6.32. The van der Waals surface area contributed by atoms with Gasteiger partial charge in [0.15, 0.2) is 0 Å². The number of aromatic nitrogens is 3. The summed E-state index contributed by atoms with van der Waals surface area (Å²) in [6.45, 7) is 5.04. The highest BCUT2D eigenvalue weighted by atomic mass is 16.5. The van der Waals surface area contributed by atoms with E-state index in [1.807, 2.05) is 35.0 Å². The largest absolute Gasteiger partial charge is 0.457 e. The van der Waals surface area contributed by atoms with Gasteiger partial charge in [-0.15, -0.1) is 0 Å². The minimum Gasteiger partial charge on any atom is -0.457 e. The van der Waals surface area contributed by atoms with Crippen LogP contribution in [0.4, 0.5) is 5.69 Å². The number of benzene rings is 4. The van der Waals surface area contributed by atoms with Crippen LogP contribution in [0.1, 0.15) is 11.4 Å². The summed E-state index contributed by atoms with van der Waals surface area (Å²) in [6.07, 6.45) is 4.15. The van der Waals surface area contributed by atoms with Crippen molar-refractivity contribution in [3.63, 3.8) is 0 Å². The molecule has 0 bridgehead atoms. The number of fused-ring (bicyclic) bond motifs is 3. The van der Waals surface area contributed by atoms with Crippen LogP contribution in [0.15, 0.2) is 109 Å². The van der Waals surface area contributed by atoms with Gasteiger partial charge in [-0.25, -0.2) is 4.68 Å². The molecule has 1 aliphatic rings. The van der Waals surface area contributed by atoms with E-state index in [0.717, 1.165) is 46.6 Å². The van der Waals surface area contributed by atoms with Gasteiger partial charge in [0.05, 0.1) is 40.5 Å². The smallest absolute Gasteiger partial charge is 0.129 e. The number of rotatable bonds is 5. The molecule has 6 nitrogen and oxygen atoms in total. The molecule has 0 amide bonds. The standard InChI is InChI=1S/C33H29N5O/c1-23-33(37-31-16-6-4-14-29(31)30-15-5-7-17-32(30)37)24(2)38(34-23)26-11-9-13-28(21-26)39-27-12-8-10-25(20-27)36-19-18-35(3)22-36/h4-21H,22H2,1-3H3. The monoisotopic (exact) mass is 511 g/mol. The molecule has 192 valence electrons. The fourth-order valence-corrected chi connectivity index (χ4v) is 5.61. The quantitative estimate of drug-likeness (QED) is 0.239. The third-order valence-electron chi connectivity index (χ3n) is 7.38. The zero-order valence-corrected chi connectivity index (χ0v) is 22.2. The molecule has 6 heteroatoms. The molecule has 0 radical (unpaired) electrons. The Balaban J connectivity index is 1.26. The topological polar surface area (TPSA) is 38.5 Å². The van der Waals surface area contributed by atoms with Crippen LogP contribution in [0.2, 0.25) is 0 Å². The van der Waals surface area contributed by atoms with Crippen LogP contribution < -0.4 is 9.64 Å². The van der Waals surface area contributed by atoms with Crippen LogP contribution in [-0.4, -0.2) is 33.0 Å². The van der Waals surface area contributed by atoms with Crippen molar-refractivity contribution in [2.45, 2.75) is 13.8 Å². The summed E-state index contributed by atoms with van der Waals surface area (Å²) in [6, 6.07) is 33.5. The molecule has 1 aliphatic heterocycles. The average molecular weight is 512 g/mol. The Kier molecular flexibility index (Phi) is 5.40. The number of anilines is 1. The highest BCUT2D eigenvalue weighted by Gasteiger charge is 2.20. The van der Waals surface area contributed by atoms with Crippen molar-refractivity contribution in [1.82, 2.24) is 19.2 Å². The van der Waals surface area contributed by atoms with E-state index in [4.69, 9.17) is 9.84 Å². The molecule has 0 aliphatic carbocycles. The van der Waals surface area contributed by atoms with Gasteiger partial charge in [-0.3, -0.25) is 0 Å². The Morgan fingerprint density at radius 3 is 1.95 bits per heavy atom. The lowest BCUT2D eigenvalue weighted by Crippen LogP contribution is -2.21. The predicted molar refractivity (Wildman–Crippen MR) is 158 cm³/mol. The van der Waals surface area contributed by atoms with Gasteiger partial charge in [0.2, 0.25) is 0 Å². The average Bonchev–Trinajstić information content (AvgIpc) is 3.62. The van der Waals surface area contributed by atoms with Gasteiger partial charge in [0.1, 0.15) is 11.5 Å². The summed E-state index contributed by atoms with van der Waals surface area (Å²) in [4.78, 5) is 4.33. The summed E-state index contributed by atoms with van der Waals surface area (Å²) >= 11 is 0. The fourth-order valence-electron chi connectivity index (χ4n) is 5.61. The van der Waals surface area contributed by atoms with Crippen LogP contribution in [0, 0.1) is 13.8 Å². The Bertz CT molecular complexity index is 1830. The fraction of sp³-hybridized carbons (Fsp3) is 0.121. The number of aryl methyl sites for hydroxylation is 1. The van der Waals surface area contributed by atoms with Crippen molar-refractivity contribution in [3.05, 3.63) is 121 Å². The van der Waals surface area contributed by atoms with Gasteiger partial charge in [0, 0.05) is 48.0 Å². The number of nitrogens with zero attached hydrogens (tertiary/aromatic N) is 5. The third-order valence-corrected chi connectivity index (χ3v) is 7.38. The molecular formula is C33H29N5O. The molecule has 39 heavy (non-hydrogen) atoms. The third kappa shape index (κ3) is 3.92. The van der Waals surface area contributed by atoms with E-state index >= 15 is 0 Å². The Morgan fingerprint density at radius 1 is 0.692 bits per heavy atom. The summed E-state index contributed by atoms with van der Waals surface area (Å²) in [7, 11) is 2.06. The SMILES string of the molecule is Cc1nn(-c2cccc(Oc3cccc(N4C=CN(C)C4)c3)c2)c(C)c1-n1c2ccccc2c2ccccc21. The lowest BCUT2D eigenvalue weighted by atomic mass is 10.2. The molecule has 0 N–H and O–H groups in total. The molecule has 0 saturated heterocycles. The van der Waals surface area contributed by atoms with Crippen LogP contribution in [0.3, 0.4) is 0 Å². The van der Waals surface area contributed by atoms with Gasteiger partial charge in [-0.1, -0.05) is 48.5 Å². The van der Waals surface area contributed by atoms with Crippen molar-refractivity contribution >= 4 is 27.5 Å². The van der Waals surface area contributed by atoms with E-state index in [0.29, 0.717) is 0 Å². The Morgan fingerprint density at radius 2 is 1.31 bits per heavy atom. The highest BCUT2D eigenvalue weighted by Crippen LogP contribution is 2.35. The molecule has 2 aromatic heterocycles. The molecule has 0 spiro atoms. The van der Waals surface area contributed by atoms with E-state index in [2.05, 4.69) is 114 Å². The van der Waals surface area contributed by atoms with E-state index in [1.54, 1.807) is 0 Å². The second kappa shape index (κ2) is 9.10. The van der Waals surface area contributed by atoms with E-state index in [1.165, 1.54) is 21.8 Å². The van der Waals surface area contributed by atoms with Crippen molar-refractivity contribution in [2.75, 3.05) is 18.6 Å². The number of para-hydroxylation sites is 2. The summed E-state index contributed by atoms with van der Waals surface area (Å²) in [5, 5.41) is 7.48. The predicted octanol–water partition coefficient (Wildman–Crippen LogP) is 7.56. The normalized spacial score (nSPS) is 13.2. The summed E-state index contributed by atoms with van der Waals surface area (Å²) in [5.74, 6) is 1.57. The van der Waals surface area contributed by atoms with Gasteiger partial charge in [0.25, 0.3) is 0 Å². The molecule has 3 heterocycles. The van der Waals surface area contributed by atoms with Crippen LogP contribution >= 0.6 is 0 Å². The van der Waals surface area contributed by atoms with Crippen LogP contribution in [0.25, 0.3) is 33.2 Å². The molecule has 6 aromatic rings. The van der Waals surface area contributed by atoms with E-state index in [9.17, 15) is 0 Å². The minimum absolute atomic E-state index is 0.768.